The van der Waals surface area contributed by atoms with Gasteiger partial charge in [-0.1, -0.05) is 0 Å². The van der Waals surface area contributed by atoms with Crippen molar-refractivity contribution >= 4 is 24.4 Å². The van der Waals surface area contributed by atoms with Gasteiger partial charge >= 0.3 is 6.09 Å². The zero-order chi connectivity index (χ0) is 9.23. The number of rotatable bonds is 0. The first-order valence-electron chi connectivity index (χ1n) is 3.30. The second kappa shape index (κ2) is 4.30. The first-order valence-corrected chi connectivity index (χ1v) is 3.30. The second-order valence-electron chi connectivity index (χ2n) is 3.31. The van der Waals surface area contributed by atoms with Crippen molar-refractivity contribution in [1.29, 1.82) is 0 Å². The standard InChI is InChI=1S/C7H13NO3.ClH/c1-5(9)8(6(10)11)7(2,3)4;/h1-4H3,(H,10,11);1H. The topological polar surface area (TPSA) is 57.6 Å². The summed E-state index contributed by atoms with van der Waals surface area (Å²) in [5.74, 6) is -0.454. The first kappa shape index (κ1) is 13.8. The Balaban J connectivity index is 0. The summed E-state index contributed by atoms with van der Waals surface area (Å²) in [4.78, 5) is 22.1. The molecule has 0 saturated carbocycles. The van der Waals surface area contributed by atoms with Gasteiger partial charge in [0.25, 0.3) is 0 Å². The lowest BCUT2D eigenvalue weighted by Crippen LogP contribution is -2.47. The van der Waals surface area contributed by atoms with E-state index in [0.29, 0.717) is 0 Å². The molecule has 0 aliphatic carbocycles. The van der Waals surface area contributed by atoms with Crippen LogP contribution in [0.1, 0.15) is 27.7 Å². The second-order valence-corrected chi connectivity index (χ2v) is 3.31. The minimum atomic E-state index is -1.20. The summed E-state index contributed by atoms with van der Waals surface area (Å²) >= 11 is 0. The molecule has 4 nitrogen and oxygen atoms in total. The Morgan fingerprint density at radius 1 is 1.25 bits per heavy atom. The van der Waals surface area contributed by atoms with Crippen LogP contribution in [0.2, 0.25) is 0 Å². The van der Waals surface area contributed by atoms with Gasteiger partial charge in [0, 0.05) is 12.5 Å². The number of amides is 2. The highest BCUT2D eigenvalue weighted by atomic mass is 35.5. The maximum Gasteiger partial charge on any atom is 0.414 e. The average Bonchev–Trinajstić information content (AvgIpc) is 1.54. The lowest BCUT2D eigenvalue weighted by atomic mass is 10.1. The van der Waals surface area contributed by atoms with Crippen LogP contribution in [-0.4, -0.2) is 27.5 Å². The summed E-state index contributed by atoms with van der Waals surface area (Å²) in [6.45, 7) is 6.24. The van der Waals surface area contributed by atoms with Crippen molar-refractivity contribution in [2.24, 2.45) is 0 Å². The number of hydrogen-bond donors (Lipinski definition) is 1. The van der Waals surface area contributed by atoms with Crippen LogP contribution < -0.4 is 0 Å². The van der Waals surface area contributed by atoms with Crippen LogP contribution in [0.5, 0.6) is 0 Å². The molecule has 72 valence electrons. The lowest BCUT2D eigenvalue weighted by molar-refractivity contribution is -0.130. The average molecular weight is 196 g/mol. The van der Waals surface area contributed by atoms with Crippen LogP contribution in [0.4, 0.5) is 4.79 Å². The molecule has 0 unspecified atom stereocenters. The van der Waals surface area contributed by atoms with Gasteiger partial charge in [-0.05, 0) is 20.8 Å². The molecule has 0 rings (SSSR count). The molecule has 0 aromatic carbocycles. The zero-order valence-corrected chi connectivity index (χ0v) is 8.44. The fraction of sp³-hybridized carbons (Fsp3) is 0.714. The van der Waals surface area contributed by atoms with E-state index in [4.69, 9.17) is 5.11 Å². The monoisotopic (exact) mass is 195 g/mol. The van der Waals surface area contributed by atoms with Gasteiger partial charge in [-0.15, -0.1) is 12.4 Å². The quantitative estimate of drug-likeness (QED) is 0.641. The molecule has 0 aliphatic rings. The van der Waals surface area contributed by atoms with E-state index < -0.39 is 17.5 Å². The molecular weight excluding hydrogens is 182 g/mol. The van der Waals surface area contributed by atoms with E-state index in [0.717, 1.165) is 4.90 Å². The molecule has 0 bridgehead atoms. The highest BCUT2D eigenvalue weighted by molar-refractivity contribution is 5.90. The summed E-state index contributed by atoms with van der Waals surface area (Å²) in [6.07, 6.45) is -1.20. The SMILES string of the molecule is CC(=O)N(C(=O)O)C(C)(C)C.Cl. The number of halogens is 1. The molecule has 2 amide bonds. The fourth-order valence-electron chi connectivity index (χ4n) is 0.894. The normalized spacial score (nSPS) is 10.0. The summed E-state index contributed by atoms with van der Waals surface area (Å²) in [5.41, 5.74) is -0.655. The van der Waals surface area contributed by atoms with E-state index in [1.165, 1.54) is 6.92 Å². The van der Waals surface area contributed by atoms with Gasteiger partial charge in [0.2, 0.25) is 5.91 Å². The molecule has 1 N–H and O–H groups in total. The molecule has 0 heterocycles. The van der Waals surface area contributed by atoms with Crippen LogP contribution >= 0.6 is 12.4 Å². The number of hydrogen-bond acceptors (Lipinski definition) is 2. The van der Waals surface area contributed by atoms with E-state index in [9.17, 15) is 9.59 Å². The zero-order valence-electron chi connectivity index (χ0n) is 7.62. The number of carboxylic acid groups (broad SMARTS) is 1. The molecule has 0 saturated heterocycles. The summed E-state index contributed by atoms with van der Waals surface area (Å²) < 4.78 is 0. The van der Waals surface area contributed by atoms with Crippen molar-refractivity contribution in [2.75, 3.05) is 0 Å². The van der Waals surface area contributed by atoms with Crippen LogP contribution in [0.25, 0.3) is 0 Å². The first-order chi connectivity index (χ1) is 4.76. The summed E-state index contributed by atoms with van der Waals surface area (Å²) in [7, 11) is 0. The third kappa shape index (κ3) is 3.57. The third-order valence-electron chi connectivity index (χ3n) is 1.18. The predicted molar refractivity (Wildman–Crippen MR) is 47.5 cm³/mol. The molecule has 0 spiro atoms. The van der Waals surface area contributed by atoms with Gasteiger partial charge < -0.3 is 5.11 Å². The number of imide groups is 1. The Bertz CT molecular complexity index is 172. The number of nitrogens with zero attached hydrogens (tertiary/aromatic N) is 1. The van der Waals surface area contributed by atoms with Crippen LogP contribution in [0, 0.1) is 0 Å². The Labute approximate surface area is 78.0 Å². The van der Waals surface area contributed by atoms with Crippen LogP contribution in [-0.2, 0) is 4.79 Å². The van der Waals surface area contributed by atoms with Gasteiger partial charge in [0.05, 0.1) is 0 Å². The van der Waals surface area contributed by atoms with E-state index in [2.05, 4.69) is 0 Å². The van der Waals surface area contributed by atoms with E-state index in [1.54, 1.807) is 20.8 Å². The maximum absolute atomic E-state index is 10.8. The number of carbonyl (C=O) groups excluding carboxylic acids is 1. The maximum atomic E-state index is 10.8. The number of carbonyl (C=O) groups is 2. The largest absolute Gasteiger partial charge is 0.465 e. The molecule has 0 aromatic rings. The molecule has 0 aromatic heterocycles. The van der Waals surface area contributed by atoms with Crippen molar-refractivity contribution in [3.05, 3.63) is 0 Å². The highest BCUT2D eigenvalue weighted by Gasteiger charge is 2.29. The van der Waals surface area contributed by atoms with Gasteiger partial charge in [0.15, 0.2) is 0 Å². The Kier molecular flexibility index (Phi) is 4.95. The van der Waals surface area contributed by atoms with Gasteiger partial charge in [-0.2, -0.15) is 0 Å². The fourth-order valence-corrected chi connectivity index (χ4v) is 0.894. The highest BCUT2D eigenvalue weighted by Crippen LogP contribution is 2.12. The summed E-state index contributed by atoms with van der Waals surface area (Å²) in [6, 6.07) is 0. The van der Waals surface area contributed by atoms with Crippen molar-refractivity contribution in [3.63, 3.8) is 0 Å². The van der Waals surface area contributed by atoms with Gasteiger partial charge in [-0.3, -0.25) is 4.79 Å². The third-order valence-corrected chi connectivity index (χ3v) is 1.18. The smallest absolute Gasteiger partial charge is 0.414 e. The minimum absolute atomic E-state index is 0. The van der Waals surface area contributed by atoms with E-state index >= 15 is 0 Å². The van der Waals surface area contributed by atoms with Crippen molar-refractivity contribution < 1.29 is 14.7 Å². The van der Waals surface area contributed by atoms with Crippen LogP contribution in [0.3, 0.4) is 0 Å². The van der Waals surface area contributed by atoms with E-state index in [1.807, 2.05) is 0 Å². The molecule has 0 fully saturated rings. The Hall–Kier alpha value is -0.770. The molecule has 0 radical (unpaired) electrons. The minimum Gasteiger partial charge on any atom is -0.465 e. The van der Waals surface area contributed by atoms with Gasteiger partial charge in [-0.25, -0.2) is 9.69 Å². The van der Waals surface area contributed by atoms with Crippen molar-refractivity contribution in [2.45, 2.75) is 33.2 Å². The molecule has 0 atom stereocenters. The molecule has 5 heteroatoms. The van der Waals surface area contributed by atoms with Crippen LogP contribution in [0.15, 0.2) is 0 Å². The van der Waals surface area contributed by atoms with E-state index in [-0.39, 0.29) is 12.4 Å². The van der Waals surface area contributed by atoms with Gasteiger partial charge in [0.1, 0.15) is 0 Å². The molecular formula is C7H14ClNO3. The molecule has 12 heavy (non-hydrogen) atoms. The Morgan fingerprint density at radius 3 is 1.58 bits per heavy atom. The lowest BCUT2D eigenvalue weighted by Gasteiger charge is -2.29. The Morgan fingerprint density at radius 2 is 1.58 bits per heavy atom. The molecule has 0 aliphatic heterocycles. The summed E-state index contributed by atoms with van der Waals surface area (Å²) in [5, 5.41) is 8.58. The van der Waals surface area contributed by atoms with Crippen molar-refractivity contribution in [1.82, 2.24) is 4.90 Å². The van der Waals surface area contributed by atoms with Crippen molar-refractivity contribution in [3.8, 4) is 0 Å². The predicted octanol–water partition coefficient (Wildman–Crippen LogP) is 1.73.